The number of rotatable bonds is 2. The van der Waals surface area contributed by atoms with Gasteiger partial charge in [-0.1, -0.05) is 6.92 Å². The highest BCUT2D eigenvalue weighted by atomic mass is 16.3. The van der Waals surface area contributed by atoms with E-state index in [1.807, 2.05) is 0 Å². The van der Waals surface area contributed by atoms with Gasteiger partial charge in [0.1, 0.15) is 5.54 Å². The number of aliphatic hydroxyl groups is 1. The van der Waals surface area contributed by atoms with E-state index in [1.54, 1.807) is 18.7 Å². The van der Waals surface area contributed by atoms with Gasteiger partial charge in [0.25, 0.3) is 0 Å². The lowest BCUT2D eigenvalue weighted by Gasteiger charge is -2.27. The van der Waals surface area contributed by atoms with Crippen LogP contribution >= 0.6 is 0 Å². The normalized spacial score (nSPS) is 33.3. The van der Waals surface area contributed by atoms with Gasteiger partial charge in [-0.2, -0.15) is 0 Å². The lowest BCUT2D eigenvalue weighted by Crippen LogP contribution is -2.44. The van der Waals surface area contributed by atoms with E-state index in [2.05, 4.69) is 0 Å². The van der Waals surface area contributed by atoms with Crippen molar-refractivity contribution in [2.75, 3.05) is 6.54 Å². The van der Waals surface area contributed by atoms with Crippen molar-refractivity contribution in [3.63, 3.8) is 0 Å². The Morgan fingerprint density at radius 2 is 2.13 bits per heavy atom. The molecular formula is C11H17NO3. The van der Waals surface area contributed by atoms with Crippen LogP contribution in [-0.2, 0) is 9.59 Å². The summed E-state index contributed by atoms with van der Waals surface area (Å²) in [5.74, 6) is -0.298. The summed E-state index contributed by atoms with van der Waals surface area (Å²) in [6, 6.07) is 0. The first-order chi connectivity index (χ1) is 6.99. The lowest BCUT2D eigenvalue weighted by atomic mass is 10.0. The second-order valence-electron chi connectivity index (χ2n) is 4.75. The number of carbonyl (C=O) groups is 2. The Hall–Kier alpha value is -0.900. The Morgan fingerprint density at radius 1 is 1.53 bits per heavy atom. The van der Waals surface area contributed by atoms with Gasteiger partial charge in [-0.25, -0.2) is 0 Å². The number of nitrogens with zero attached hydrogens (tertiary/aromatic N) is 1. The largest absolute Gasteiger partial charge is 0.393 e. The monoisotopic (exact) mass is 211 g/mol. The van der Waals surface area contributed by atoms with Crippen LogP contribution < -0.4 is 0 Å². The molecule has 15 heavy (non-hydrogen) atoms. The van der Waals surface area contributed by atoms with E-state index in [9.17, 15) is 14.7 Å². The number of hydrogen-bond donors (Lipinski definition) is 1. The van der Waals surface area contributed by atoms with Crippen LogP contribution in [-0.4, -0.2) is 39.9 Å². The standard InChI is InChI=1S/C11H17NO3/c1-7(8(2)13)10(15)12-5-3-4-11(12)6-9(11)14/h7-8,13H,3-6H2,1-2H3/t7?,8-,11?/m1/s1. The van der Waals surface area contributed by atoms with Crippen molar-refractivity contribution in [1.29, 1.82) is 0 Å². The summed E-state index contributed by atoms with van der Waals surface area (Å²) < 4.78 is 0. The van der Waals surface area contributed by atoms with E-state index < -0.39 is 17.6 Å². The molecule has 0 radical (unpaired) electrons. The molecule has 0 bridgehead atoms. The zero-order valence-electron chi connectivity index (χ0n) is 9.19. The third-order valence-corrected chi connectivity index (χ3v) is 3.71. The molecule has 4 nitrogen and oxygen atoms in total. The van der Waals surface area contributed by atoms with E-state index in [4.69, 9.17) is 0 Å². The third-order valence-electron chi connectivity index (χ3n) is 3.71. The summed E-state index contributed by atoms with van der Waals surface area (Å²) in [6.07, 6.45) is 1.59. The maximum atomic E-state index is 12.0. The molecule has 2 fully saturated rings. The molecule has 1 spiro atoms. The van der Waals surface area contributed by atoms with E-state index in [-0.39, 0.29) is 11.7 Å². The van der Waals surface area contributed by atoms with Crippen molar-refractivity contribution < 1.29 is 14.7 Å². The van der Waals surface area contributed by atoms with Crippen LogP contribution in [0, 0.1) is 5.92 Å². The molecule has 1 N–H and O–H groups in total. The zero-order valence-corrected chi connectivity index (χ0v) is 9.19. The Kier molecular flexibility index (Phi) is 2.34. The van der Waals surface area contributed by atoms with Gasteiger partial charge >= 0.3 is 0 Å². The van der Waals surface area contributed by atoms with Gasteiger partial charge < -0.3 is 10.0 Å². The minimum atomic E-state index is -0.649. The highest BCUT2D eigenvalue weighted by Crippen LogP contribution is 2.46. The number of likely N-dealkylation sites (tertiary alicyclic amines) is 1. The van der Waals surface area contributed by atoms with Crippen LogP contribution in [0.4, 0.5) is 0 Å². The molecule has 1 saturated carbocycles. The molecule has 2 unspecified atom stereocenters. The highest BCUT2D eigenvalue weighted by molar-refractivity contribution is 6.08. The van der Waals surface area contributed by atoms with Crippen molar-refractivity contribution in [3.8, 4) is 0 Å². The molecule has 84 valence electrons. The first-order valence-electron chi connectivity index (χ1n) is 5.52. The summed E-state index contributed by atoms with van der Waals surface area (Å²) in [7, 11) is 0. The fourth-order valence-electron chi connectivity index (χ4n) is 2.35. The number of ketones is 1. The average Bonchev–Trinajstić information content (AvgIpc) is 2.62. The minimum absolute atomic E-state index is 0.0756. The summed E-state index contributed by atoms with van der Waals surface area (Å²) in [5, 5.41) is 9.38. The van der Waals surface area contributed by atoms with E-state index in [1.165, 1.54) is 0 Å². The number of Topliss-reactive ketones (excluding diaryl/α,β-unsaturated/α-hetero) is 1. The SMILES string of the molecule is CC(C(=O)N1CCCC12CC2=O)[C@@H](C)O. The van der Waals surface area contributed by atoms with Crippen molar-refractivity contribution in [2.24, 2.45) is 5.92 Å². The van der Waals surface area contributed by atoms with Gasteiger partial charge in [-0.05, 0) is 19.8 Å². The smallest absolute Gasteiger partial charge is 0.228 e. The third kappa shape index (κ3) is 1.47. The fourth-order valence-corrected chi connectivity index (χ4v) is 2.35. The van der Waals surface area contributed by atoms with E-state index >= 15 is 0 Å². The second-order valence-corrected chi connectivity index (χ2v) is 4.75. The average molecular weight is 211 g/mol. The first-order valence-corrected chi connectivity index (χ1v) is 5.52. The molecule has 1 heterocycles. The van der Waals surface area contributed by atoms with Crippen LogP contribution in [0.5, 0.6) is 0 Å². The maximum absolute atomic E-state index is 12.0. The second kappa shape index (κ2) is 3.30. The minimum Gasteiger partial charge on any atom is -0.393 e. The summed E-state index contributed by atoms with van der Waals surface area (Å²) in [5.41, 5.74) is -0.458. The number of carbonyl (C=O) groups excluding carboxylic acids is 2. The molecule has 3 atom stereocenters. The van der Waals surface area contributed by atoms with Gasteiger partial charge in [0.2, 0.25) is 5.91 Å². The molecule has 1 saturated heterocycles. The number of hydrogen-bond acceptors (Lipinski definition) is 3. The van der Waals surface area contributed by atoms with Gasteiger partial charge in [-0.15, -0.1) is 0 Å². The molecule has 4 heteroatoms. The lowest BCUT2D eigenvalue weighted by molar-refractivity contribution is -0.141. The van der Waals surface area contributed by atoms with Crippen LogP contribution in [0.15, 0.2) is 0 Å². The summed E-state index contributed by atoms with van der Waals surface area (Å²) in [4.78, 5) is 25.1. The maximum Gasteiger partial charge on any atom is 0.228 e. The van der Waals surface area contributed by atoms with Crippen LogP contribution in [0.3, 0.4) is 0 Å². The van der Waals surface area contributed by atoms with Crippen molar-refractivity contribution >= 4 is 11.7 Å². The topological polar surface area (TPSA) is 57.6 Å². The van der Waals surface area contributed by atoms with E-state index in [0.717, 1.165) is 12.8 Å². The Bertz CT molecular complexity index is 313. The molecule has 1 aliphatic heterocycles. The molecule has 1 aliphatic carbocycles. The first kappa shape index (κ1) is 10.6. The Balaban J connectivity index is 2.11. The van der Waals surface area contributed by atoms with Crippen molar-refractivity contribution in [3.05, 3.63) is 0 Å². The highest BCUT2D eigenvalue weighted by Gasteiger charge is 2.61. The molecule has 0 aromatic heterocycles. The van der Waals surface area contributed by atoms with Crippen LogP contribution in [0.25, 0.3) is 0 Å². The number of amides is 1. The molecular weight excluding hydrogens is 194 g/mol. The summed E-state index contributed by atoms with van der Waals surface area (Å²) >= 11 is 0. The van der Waals surface area contributed by atoms with Gasteiger partial charge in [0, 0.05) is 13.0 Å². The Morgan fingerprint density at radius 3 is 2.60 bits per heavy atom. The summed E-state index contributed by atoms with van der Waals surface area (Å²) in [6.45, 7) is 3.99. The van der Waals surface area contributed by atoms with Crippen molar-refractivity contribution in [2.45, 2.75) is 44.8 Å². The fraction of sp³-hybridized carbons (Fsp3) is 0.818. The van der Waals surface area contributed by atoms with E-state index in [0.29, 0.717) is 13.0 Å². The van der Waals surface area contributed by atoms with Crippen LogP contribution in [0.2, 0.25) is 0 Å². The molecule has 0 aromatic carbocycles. The quantitative estimate of drug-likeness (QED) is 0.716. The van der Waals surface area contributed by atoms with Gasteiger partial charge in [0.15, 0.2) is 5.78 Å². The molecule has 0 aromatic rings. The predicted molar refractivity (Wildman–Crippen MR) is 54.1 cm³/mol. The van der Waals surface area contributed by atoms with Gasteiger partial charge in [0.05, 0.1) is 12.0 Å². The number of aliphatic hydroxyl groups excluding tert-OH is 1. The zero-order chi connectivity index (χ0) is 11.2. The Labute approximate surface area is 89.3 Å². The van der Waals surface area contributed by atoms with Gasteiger partial charge in [-0.3, -0.25) is 9.59 Å². The molecule has 1 amide bonds. The van der Waals surface area contributed by atoms with Crippen LogP contribution in [0.1, 0.15) is 33.1 Å². The predicted octanol–water partition coefficient (Wildman–Crippen LogP) is 0.337. The molecule has 2 rings (SSSR count). The van der Waals surface area contributed by atoms with Crippen molar-refractivity contribution in [1.82, 2.24) is 4.90 Å². The molecule has 2 aliphatic rings.